The minimum absolute atomic E-state index is 0.727. The number of nitrogens with zero attached hydrogens (tertiary/aromatic N) is 1. The molecular weight excluding hydrogens is 220 g/mol. The van der Waals surface area contributed by atoms with Gasteiger partial charge in [-0.15, -0.1) is 0 Å². The van der Waals surface area contributed by atoms with E-state index in [0.29, 0.717) is 0 Å². The summed E-state index contributed by atoms with van der Waals surface area (Å²) >= 11 is 0. The highest BCUT2D eigenvalue weighted by molar-refractivity contribution is 4.86. The van der Waals surface area contributed by atoms with E-state index in [1.54, 1.807) is 0 Å². The van der Waals surface area contributed by atoms with Gasteiger partial charge in [-0.2, -0.15) is 0 Å². The summed E-state index contributed by atoms with van der Waals surface area (Å²) in [5, 5.41) is 3.75. The van der Waals surface area contributed by atoms with E-state index in [9.17, 15) is 0 Å². The molecule has 0 saturated carbocycles. The average Bonchev–Trinajstić information content (AvgIpc) is 2.28. The molecule has 0 amide bonds. The number of hydrogen-bond donors (Lipinski definition) is 1. The Labute approximate surface area is 115 Å². The van der Waals surface area contributed by atoms with Crippen molar-refractivity contribution in [2.75, 3.05) is 19.6 Å². The molecule has 0 aliphatic carbocycles. The molecule has 1 heterocycles. The van der Waals surface area contributed by atoms with Crippen molar-refractivity contribution in [2.24, 2.45) is 11.8 Å². The Kier molecular flexibility index (Phi) is 7.25. The van der Waals surface area contributed by atoms with E-state index in [1.165, 1.54) is 45.3 Å². The van der Waals surface area contributed by atoms with Crippen molar-refractivity contribution in [2.45, 2.75) is 72.4 Å². The lowest BCUT2D eigenvalue weighted by Crippen LogP contribution is -2.57. The Bertz CT molecular complexity index is 213. The zero-order valence-electron chi connectivity index (χ0n) is 13.2. The molecule has 0 aromatic carbocycles. The molecule has 2 atom stereocenters. The highest BCUT2D eigenvalue weighted by Gasteiger charge is 2.27. The summed E-state index contributed by atoms with van der Waals surface area (Å²) < 4.78 is 0. The largest absolute Gasteiger partial charge is 0.311 e. The molecule has 1 saturated heterocycles. The summed E-state index contributed by atoms with van der Waals surface area (Å²) in [6.45, 7) is 15.4. The molecule has 0 aromatic rings. The van der Waals surface area contributed by atoms with Crippen LogP contribution < -0.4 is 5.32 Å². The van der Waals surface area contributed by atoms with Crippen LogP contribution in [0.25, 0.3) is 0 Å². The topological polar surface area (TPSA) is 15.3 Å². The van der Waals surface area contributed by atoms with Crippen molar-refractivity contribution >= 4 is 0 Å². The van der Waals surface area contributed by atoms with Gasteiger partial charge in [0.2, 0.25) is 0 Å². The maximum Gasteiger partial charge on any atom is 0.0223 e. The number of hydrogen-bond acceptors (Lipinski definition) is 2. The van der Waals surface area contributed by atoms with E-state index in [-0.39, 0.29) is 0 Å². The highest BCUT2D eigenvalue weighted by Crippen LogP contribution is 2.18. The molecule has 0 radical (unpaired) electrons. The SMILES string of the molecule is CCCC1CN(CCC(C)C)C(CC(C)C)CN1. The van der Waals surface area contributed by atoms with E-state index < -0.39 is 0 Å². The van der Waals surface area contributed by atoms with Crippen molar-refractivity contribution < 1.29 is 0 Å². The van der Waals surface area contributed by atoms with E-state index in [2.05, 4.69) is 44.8 Å². The zero-order chi connectivity index (χ0) is 13.5. The molecule has 1 fully saturated rings. The first kappa shape index (κ1) is 16.0. The Morgan fingerprint density at radius 1 is 1.17 bits per heavy atom. The molecule has 1 aliphatic heterocycles. The molecular formula is C16H34N2. The van der Waals surface area contributed by atoms with Gasteiger partial charge in [0, 0.05) is 25.2 Å². The summed E-state index contributed by atoms with van der Waals surface area (Å²) in [4.78, 5) is 2.76. The molecule has 1 N–H and O–H groups in total. The van der Waals surface area contributed by atoms with E-state index in [4.69, 9.17) is 0 Å². The van der Waals surface area contributed by atoms with Crippen LogP contribution in [0.5, 0.6) is 0 Å². The van der Waals surface area contributed by atoms with Gasteiger partial charge in [0.1, 0.15) is 0 Å². The van der Waals surface area contributed by atoms with Crippen LogP contribution in [-0.2, 0) is 0 Å². The molecule has 2 heteroatoms. The Balaban J connectivity index is 2.49. The third-order valence-corrected chi connectivity index (χ3v) is 3.99. The first-order chi connectivity index (χ1) is 8.52. The molecule has 108 valence electrons. The minimum Gasteiger partial charge on any atom is -0.311 e. The second kappa shape index (κ2) is 8.16. The van der Waals surface area contributed by atoms with E-state index in [1.807, 2.05) is 0 Å². The summed E-state index contributed by atoms with van der Waals surface area (Å²) in [5.41, 5.74) is 0. The predicted molar refractivity (Wildman–Crippen MR) is 81.0 cm³/mol. The van der Waals surface area contributed by atoms with E-state index >= 15 is 0 Å². The fraction of sp³-hybridized carbons (Fsp3) is 1.00. The van der Waals surface area contributed by atoms with Gasteiger partial charge in [0.15, 0.2) is 0 Å². The van der Waals surface area contributed by atoms with Crippen LogP contribution in [0.15, 0.2) is 0 Å². The van der Waals surface area contributed by atoms with Crippen LogP contribution in [0, 0.1) is 11.8 Å². The smallest absolute Gasteiger partial charge is 0.0223 e. The maximum atomic E-state index is 3.75. The van der Waals surface area contributed by atoms with Crippen LogP contribution >= 0.6 is 0 Å². The number of piperazine rings is 1. The van der Waals surface area contributed by atoms with Gasteiger partial charge >= 0.3 is 0 Å². The van der Waals surface area contributed by atoms with Crippen LogP contribution in [-0.4, -0.2) is 36.6 Å². The molecule has 2 nitrogen and oxygen atoms in total. The van der Waals surface area contributed by atoms with E-state index in [0.717, 1.165) is 23.9 Å². The van der Waals surface area contributed by atoms with Gasteiger partial charge in [-0.3, -0.25) is 4.90 Å². The summed E-state index contributed by atoms with van der Waals surface area (Å²) in [5.74, 6) is 1.63. The Morgan fingerprint density at radius 2 is 1.89 bits per heavy atom. The van der Waals surface area contributed by atoms with Gasteiger partial charge in [-0.05, 0) is 37.6 Å². The monoisotopic (exact) mass is 254 g/mol. The number of rotatable bonds is 7. The molecule has 1 rings (SSSR count). The lowest BCUT2D eigenvalue weighted by molar-refractivity contribution is 0.105. The summed E-state index contributed by atoms with van der Waals surface area (Å²) in [6.07, 6.45) is 5.30. The van der Waals surface area contributed by atoms with Crippen LogP contribution in [0.1, 0.15) is 60.3 Å². The molecule has 0 spiro atoms. The number of nitrogens with one attached hydrogen (secondary N) is 1. The standard InChI is InChI=1S/C16H34N2/c1-6-7-15-12-18(9-8-13(2)3)16(11-17-15)10-14(4)5/h13-17H,6-12H2,1-5H3. The van der Waals surface area contributed by atoms with Crippen LogP contribution in [0.4, 0.5) is 0 Å². The third-order valence-electron chi connectivity index (χ3n) is 3.99. The first-order valence-corrected chi connectivity index (χ1v) is 8.00. The summed E-state index contributed by atoms with van der Waals surface area (Å²) in [6, 6.07) is 1.49. The van der Waals surface area contributed by atoms with Crippen molar-refractivity contribution in [1.29, 1.82) is 0 Å². The van der Waals surface area contributed by atoms with Gasteiger partial charge in [-0.1, -0.05) is 41.0 Å². The second-order valence-corrected chi connectivity index (χ2v) is 6.85. The lowest BCUT2D eigenvalue weighted by atomic mass is 9.97. The van der Waals surface area contributed by atoms with Crippen molar-refractivity contribution in [3.05, 3.63) is 0 Å². The predicted octanol–water partition coefficient (Wildman–Crippen LogP) is 3.52. The Hall–Kier alpha value is -0.0800. The van der Waals surface area contributed by atoms with Gasteiger partial charge in [-0.25, -0.2) is 0 Å². The molecule has 18 heavy (non-hydrogen) atoms. The average molecular weight is 254 g/mol. The maximum absolute atomic E-state index is 3.75. The first-order valence-electron chi connectivity index (χ1n) is 8.00. The normalized spacial score (nSPS) is 26.2. The molecule has 0 bridgehead atoms. The minimum atomic E-state index is 0.727. The third kappa shape index (κ3) is 5.71. The zero-order valence-corrected chi connectivity index (χ0v) is 13.2. The fourth-order valence-corrected chi connectivity index (χ4v) is 2.94. The fourth-order valence-electron chi connectivity index (χ4n) is 2.94. The molecule has 1 aliphatic rings. The van der Waals surface area contributed by atoms with Gasteiger partial charge < -0.3 is 5.32 Å². The van der Waals surface area contributed by atoms with Crippen molar-refractivity contribution in [1.82, 2.24) is 10.2 Å². The lowest BCUT2D eigenvalue weighted by Gasteiger charge is -2.41. The van der Waals surface area contributed by atoms with Gasteiger partial charge in [0.25, 0.3) is 0 Å². The summed E-state index contributed by atoms with van der Waals surface area (Å²) in [7, 11) is 0. The Morgan fingerprint density at radius 3 is 2.44 bits per heavy atom. The van der Waals surface area contributed by atoms with Crippen LogP contribution in [0.3, 0.4) is 0 Å². The van der Waals surface area contributed by atoms with Gasteiger partial charge in [0.05, 0.1) is 0 Å². The second-order valence-electron chi connectivity index (χ2n) is 6.85. The van der Waals surface area contributed by atoms with Crippen molar-refractivity contribution in [3.8, 4) is 0 Å². The molecule has 0 aromatic heterocycles. The molecule has 2 unspecified atom stereocenters. The quantitative estimate of drug-likeness (QED) is 0.748. The van der Waals surface area contributed by atoms with Crippen LogP contribution in [0.2, 0.25) is 0 Å². The highest BCUT2D eigenvalue weighted by atomic mass is 15.2. The van der Waals surface area contributed by atoms with Crippen molar-refractivity contribution in [3.63, 3.8) is 0 Å².